The molecule has 0 aliphatic rings. The fourth-order valence-corrected chi connectivity index (χ4v) is 1.64. The zero-order valence-electron chi connectivity index (χ0n) is 11.1. The summed E-state index contributed by atoms with van der Waals surface area (Å²) in [6, 6.07) is 12.9. The van der Waals surface area contributed by atoms with Gasteiger partial charge in [0.05, 0.1) is 18.5 Å². The topological polar surface area (TPSA) is 77.2 Å². The molecule has 0 aliphatic heterocycles. The number of rotatable bonds is 6. The van der Waals surface area contributed by atoms with E-state index < -0.39 is 0 Å². The quantitative estimate of drug-likeness (QED) is 0.791. The van der Waals surface area contributed by atoms with Crippen LogP contribution < -0.4 is 15.8 Å². The SMILES string of the molecule is Nc1ccc(NC(=O)CCCOc2ccccc2)cn1. The van der Waals surface area contributed by atoms with E-state index in [1.807, 2.05) is 30.3 Å². The van der Waals surface area contributed by atoms with Crippen LogP contribution in [0.25, 0.3) is 0 Å². The highest BCUT2D eigenvalue weighted by Crippen LogP contribution is 2.10. The zero-order chi connectivity index (χ0) is 14.2. The third kappa shape index (κ3) is 4.61. The van der Waals surface area contributed by atoms with Crippen LogP contribution in [0.4, 0.5) is 11.5 Å². The monoisotopic (exact) mass is 271 g/mol. The van der Waals surface area contributed by atoms with Crippen molar-refractivity contribution in [2.75, 3.05) is 17.7 Å². The lowest BCUT2D eigenvalue weighted by molar-refractivity contribution is -0.116. The zero-order valence-corrected chi connectivity index (χ0v) is 11.1. The molecular formula is C15H17N3O2. The van der Waals surface area contributed by atoms with E-state index in [0.29, 0.717) is 31.0 Å². The molecule has 5 heteroatoms. The summed E-state index contributed by atoms with van der Waals surface area (Å²) in [6.07, 6.45) is 2.59. The number of hydrogen-bond acceptors (Lipinski definition) is 4. The maximum absolute atomic E-state index is 11.7. The summed E-state index contributed by atoms with van der Waals surface area (Å²) in [4.78, 5) is 15.6. The van der Waals surface area contributed by atoms with Crippen LogP contribution in [-0.4, -0.2) is 17.5 Å². The molecule has 0 fully saturated rings. The molecule has 1 aromatic heterocycles. The van der Waals surface area contributed by atoms with Crippen molar-refractivity contribution in [2.24, 2.45) is 0 Å². The van der Waals surface area contributed by atoms with Crippen LogP contribution in [0.5, 0.6) is 5.75 Å². The van der Waals surface area contributed by atoms with Crippen molar-refractivity contribution in [2.45, 2.75) is 12.8 Å². The number of anilines is 2. The van der Waals surface area contributed by atoms with E-state index in [4.69, 9.17) is 10.5 Å². The van der Waals surface area contributed by atoms with Gasteiger partial charge in [0, 0.05) is 6.42 Å². The Morgan fingerprint density at radius 3 is 2.70 bits per heavy atom. The summed E-state index contributed by atoms with van der Waals surface area (Å²) < 4.78 is 5.51. The number of nitrogens with two attached hydrogens (primary N) is 1. The van der Waals surface area contributed by atoms with E-state index in [1.165, 1.54) is 6.20 Å². The second-order valence-electron chi connectivity index (χ2n) is 4.28. The van der Waals surface area contributed by atoms with Gasteiger partial charge in [0.15, 0.2) is 0 Å². The first-order chi connectivity index (χ1) is 9.74. The van der Waals surface area contributed by atoms with Gasteiger partial charge in [-0.2, -0.15) is 0 Å². The summed E-state index contributed by atoms with van der Waals surface area (Å²) in [5.41, 5.74) is 6.12. The molecule has 1 aromatic carbocycles. The number of hydrogen-bond donors (Lipinski definition) is 2. The molecule has 5 nitrogen and oxygen atoms in total. The van der Waals surface area contributed by atoms with E-state index in [9.17, 15) is 4.79 Å². The predicted molar refractivity (Wildman–Crippen MR) is 78.5 cm³/mol. The molecule has 1 amide bonds. The van der Waals surface area contributed by atoms with Gasteiger partial charge in [-0.05, 0) is 30.7 Å². The van der Waals surface area contributed by atoms with Gasteiger partial charge in [-0.15, -0.1) is 0 Å². The Labute approximate surface area is 117 Å². The third-order valence-corrected chi connectivity index (χ3v) is 2.63. The first-order valence-electron chi connectivity index (χ1n) is 6.43. The molecule has 20 heavy (non-hydrogen) atoms. The average molecular weight is 271 g/mol. The molecule has 3 N–H and O–H groups in total. The number of nitrogen functional groups attached to an aromatic ring is 1. The van der Waals surface area contributed by atoms with Gasteiger partial charge in [0.1, 0.15) is 11.6 Å². The summed E-state index contributed by atoms with van der Waals surface area (Å²) >= 11 is 0. The van der Waals surface area contributed by atoms with Gasteiger partial charge < -0.3 is 15.8 Å². The van der Waals surface area contributed by atoms with Crippen molar-refractivity contribution in [3.05, 3.63) is 48.7 Å². The number of aromatic nitrogens is 1. The van der Waals surface area contributed by atoms with E-state index in [0.717, 1.165) is 5.75 Å². The van der Waals surface area contributed by atoms with Gasteiger partial charge in [-0.3, -0.25) is 4.79 Å². The van der Waals surface area contributed by atoms with Crippen LogP contribution in [-0.2, 0) is 4.79 Å². The van der Waals surface area contributed by atoms with Crippen molar-refractivity contribution < 1.29 is 9.53 Å². The number of ether oxygens (including phenoxy) is 1. The van der Waals surface area contributed by atoms with E-state index in [-0.39, 0.29) is 5.91 Å². The van der Waals surface area contributed by atoms with Crippen molar-refractivity contribution in [3.8, 4) is 5.75 Å². The highest BCUT2D eigenvalue weighted by molar-refractivity contribution is 5.90. The average Bonchev–Trinajstić information content (AvgIpc) is 2.47. The standard InChI is InChI=1S/C15H17N3O2/c16-14-9-8-12(11-17-14)18-15(19)7-4-10-20-13-5-2-1-3-6-13/h1-3,5-6,8-9,11H,4,7,10H2,(H2,16,17)(H,18,19). The van der Waals surface area contributed by atoms with Gasteiger partial charge in [0.25, 0.3) is 0 Å². The van der Waals surface area contributed by atoms with Gasteiger partial charge in [-0.25, -0.2) is 4.98 Å². The van der Waals surface area contributed by atoms with Gasteiger partial charge in [-0.1, -0.05) is 18.2 Å². The number of carbonyl (C=O) groups excluding carboxylic acids is 1. The summed E-state index contributed by atoms with van der Waals surface area (Å²) in [6.45, 7) is 0.511. The molecule has 0 radical (unpaired) electrons. The normalized spacial score (nSPS) is 10.0. The highest BCUT2D eigenvalue weighted by atomic mass is 16.5. The molecule has 2 aromatic rings. The molecule has 2 rings (SSSR count). The molecule has 0 saturated heterocycles. The minimum atomic E-state index is -0.0618. The first-order valence-corrected chi connectivity index (χ1v) is 6.43. The molecule has 104 valence electrons. The largest absolute Gasteiger partial charge is 0.494 e. The predicted octanol–water partition coefficient (Wildman–Crippen LogP) is 2.46. The molecular weight excluding hydrogens is 254 g/mol. The number of pyridine rings is 1. The van der Waals surface area contributed by atoms with Gasteiger partial charge in [0.2, 0.25) is 5.91 Å². The van der Waals surface area contributed by atoms with Crippen LogP contribution in [0, 0.1) is 0 Å². The summed E-state index contributed by atoms with van der Waals surface area (Å²) in [5.74, 6) is 1.18. The van der Waals surface area contributed by atoms with Crippen LogP contribution in [0.3, 0.4) is 0 Å². The molecule has 0 aliphatic carbocycles. The number of nitrogens with zero attached hydrogens (tertiary/aromatic N) is 1. The molecule has 0 bridgehead atoms. The Morgan fingerprint density at radius 2 is 2.00 bits per heavy atom. The highest BCUT2D eigenvalue weighted by Gasteiger charge is 2.03. The lowest BCUT2D eigenvalue weighted by atomic mass is 10.3. The Morgan fingerprint density at radius 1 is 1.20 bits per heavy atom. The number of amides is 1. The molecule has 0 spiro atoms. The molecule has 0 unspecified atom stereocenters. The minimum absolute atomic E-state index is 0.0618. The van der Waals surface area contributed by atoms with E-state index >= 15 is 0 Å². The fraction of sp³-hybridized carbons (Fsp3) is 0.200. The van der Waals surface area contributed by atoms with Gasteiger partial charge >= 0.3 is 0 Å². The van der Waals surface area contributed by atoms with Crippen LogP contribution in [0.2, 0.25) is 0 Å². The van der Waals surface area contributed by atoms with E-state index in [1.54, 1.807) is 12.1 Å². The third-order valence-electron chi connectivity index (χ3n) is 2.63. The Hall–Kier alpha value is -2.56. The summed E-state index contributed by atoms with van der Waals surface area (Å²) in [7, 11) is 0. The second-order valence-corrected chi connectivity index (χ2v) is 4.28. The van der Waals surface area contributed by atoms with Crippen LogP contribution in [0.1, 0.15) is 12.8 Å². The number of nitrogens with one attached hydrogen (secondary N) is 1. The molecule has 0 saturated carbocycles. The van der Waals surface area contributed by atoms with Crippen molar-refractivity contribution >= 4 is 17.4 Å². The molecule has 1 heterocycles. The Bertz CT molecular complexity index is 541. The van der Waals surface area contributed by atoms with Crippen LogP contribution in [0.15, 0.2) is 48.7 Å². The maximum atomic E-state index is 11.7. The number of benzene rings is 1. The number of para-hydroxylation sites is 1. The summed E-state index contributed by atoms with van der Waals surface area (Å²) in [5, 5.41) is 2.76. The second kappa shape index (κ2) is 7.13. The lowest BCUT2D eigenvalue weighted by Crippen LogP contribution is -2.13. The van der Waals surface area contributed by atoms with E-state index in [2.05, 4.69) is 10.3 Å². The Kier molecular flexibility index (Phi) is 4.94. The van der Waals surface area contributed by atoms with Crippen molar-refractivity contribution in [1.29, 1.82) is 0 Å². The lowest BCUT2D eigenvalue weighted by Gasteiger charge is -2.07. The first kappa shape index (κ1) is 13.9. The van der Waals surface area contributed by atoms with Crippen molar-refractivity contribution in [1.82, 2.24) is 4.98 Å². The van der Waals surface area contributed by atoms with Crippen LogP contribution >= 0.6 is 0 Å². The molecule has 0 atom stereocenters. The number of carbonyl (C=O) groups is 1. The Balaban J connectivity index is 1.66. The maximum Gasteiger partial charge on any atom is 0.224 e. The fourth-order valence-electron chi connectivity index (χ4n) is 1.64. The minimum Gasteiger partial charge on any atom is -0.494 e. The van der Waals surface area contributed by atoms with Crippen molar-refractivity contribution in [3.63, 3.8) is 0 Å². The smallest absolute Gasteiger partial charge is 0.224 e.